The summed E-state index contributed by atoms with van der Waals surface area (Å²) in [7, 11) is 1.85. The number of benzene rings is 2. The highest BCUT2D eigenvalue weighted by Gasteiger charge is 2.62. The van der Waals surface area contributed by atoms with E-state index < -0.39 is 0 Å². The monoisotopic (exact) mass is 374 g/mol. The third-order valence-electron chi connectivity index (χ3n) is 6.09. The Morgan fingerprint density at radius 1 is 1.07 bits per heavy atom. The molecule has 1 aliphatic carbocycles. The Hall–Kier alpha value is -2.88. The van der Waals surface area contributed by atoms with Gasteiger partial charge in [-0.2, -0.15) is 0 Å². The second-order valence-electron chi connectivity index (χ2n) is 8.51. The number of carbonyl (C=O) groups is 1. The zero-order valence-corrected chi connectivity index (χ0v) is 16.7. The van der Waals surface area contributed by atoms with Crippen molar-refractivity contribution in [1.82, 2.24) is 10.1 Å². The molecule has 4 nitrogen and oxygen atoms in total. The topological polar surface area (TPSA) is 46.3 Å². The van der Waals surface area contributed by atoms with Gasteiger partial charge in [0.1, 0.15) is 0 Å². The van der Waals surface area contributed by atoms with Crippen molar-refractivity contribution >= 4 is 5.91 Å². The van der Waals surface area contributed by atoms with Crippen molar-refractivity contribution in [2.45, 2.75) is 32.1 Å². The Bertz CT molecular complexity index is 963. The molecule has 1 amide bonds. The number of hydrogen-bond donors (Lipinski definition) is 0. The number of rotatable bonds is 6. The number of carbonyl (C=O) groups excluding carboxylic acids is 1. The maximum absolute atomic E-state index is 13.0. The molecular weight excluding hydrogens is 348 g/mol. The second kappa shape index (κ2) is 6.93. The normalized spacial score (nSPS) is 20.0. The molecule has 1 fully saturated rings. The van der Waals surface area contributed by atoms with E-state index in [1.54, 1.807) is 11.0 Å². The van der Waals surface area contributed by atoms with E-state index in [2.05, 4.69) is 43.3 Å². The van der Waals surface area contributed by atoms with Crippen LogP contribution in [-0.2, 0) is 11.8 Å². The molecule has 28 heavy (non-hydrogen) atoms. The van der Waals surface area contributed by atoms with Gasteiger partial charge in [0.25, 0.3) is 5.91 Å². The van der Waals surface area contributed by atoms with Gasteiger partial charge < -0.3 is 9.42 Å². The highest BCUT2D eigenvalue weighted by molar-refractivity contribution is 5.91. The Balaban J connectivity index is 1.48. The van der Waals surface area contributed by atoms with Crippen LogP contribution in [0.3, 0.4) is 0 Å². The quantitative estimate of drug-likeness (QED) is 0.628. The minimum Gasteiger partial charge on any atom is -0.351 e. The molecule has 1 unspecified atom stereocenters. The maximum atomic E-state index is 13.0. The lowest BCUT2D eigenvalue weighted by atomic mass is 9.87. The summed E-state index contributed by atoms with van der Waals surface area (Å²) >= 11 is 0. The van der Waals surface area contributed by atoms with Crippen molar-refractivity contribution in [2.24, 2.45) is 5.41 Å². The van der Waals surface area contributed by atoms with Crippen LogP contribution < -0.4 is 0 Å². The van der Waals surface area contributed by atoms with Crippen molar-refractivity contribution in [3.05, 3.63) is 89.3 Å². The van der Waals surface area contributed by atoms with Gasteiger partial charge >= 0.3 is 0 Å². The predicted octanol–water partition coefficient (Wildman–Crippen LogP) is 4.71. The maximum Gasteiger partial charge on any atom is 0.292 e. The fourth-order valence-corrected chi connectivity index (χ4v) is 4.29. The summed E-state index contributed by atoms with van der Waals surface area (Å²) in [5.74, 6) is 0.180. The van der Waals surface area contributed by atoms with Crippen LogP contribution in [0, 0.1) is 5.41 Å². The highest BCUT2D eigenvalue weighted by atomic mass is 16.5. The first kappa shape index (κ1) is 18.5. The van der Waals surface area contributed by atoms with Crippen LogP contribution in [0.25, 0.3) is 0 Å². The summed E-state index contributed by atoms with van der Waals surface area (Å²) in [6, 6.07) is 22.3. The van der Waals surface area contributed by atoms with E-state index in [1.807, 2.05) is 43.4 Å². The van der Waals surface area contributed by atoms with Crippen LogP contribution >= 0.6 is 0 Å². The third-order valence-corrected chi connectivity index (χ3v) is 6.09. The Morgan fingerprint density at radius 3 is 2.29 bits per heavy atom. The second-order valence-corrected chi connectivity index (χ2v) is 8.51. The molecule has 1 aromatic heterocycles. The molecule has 144 valence electrons. The number of nitrogens with zero attached hydrogens (tertiary/aromatic N) is 2. The van der Waals surface area contributed by atoms with Crippen LogP contribution in [0.1, 0.15) is 47.6 Å². The first-order valence-corrected chi connectivity index (χ1v) is 9.72. The third kappa shape index (κ3) is 3.35. The average Bonchev–Trinajstić information content (AvgIpc) is 3.03. The lowest BCUT2D eigenvalue weighted by Crippen LogP contribution is -2.36. The summed E-state index contributed by atoms with van der Waals surface area (Å²) in [6.07, 6.45) is 1.72. The Morgan fingerprint density at radius 2 is 1.68 bits per heavy atom. The Kier molecular flexibility index (Phi) is 4.58. The van der Waals surface area contributed by atoms with E-state index in [4.69, 9.17) is 4.52 Å². The molecule has 0 bridgehead atoms. The molecule has 1 heterocycles. The van der Waals surface area contributed by atoms with Crippen LogP contribution in [0.2, 0.25) is 0 Å². The molecule has 0 aliphatic heterocycles. The van der Waals surface area contributed by atoms with Crippen LogP contribution in [0.4, 0.5) is 0 Å². The van der Waals surface area contributed by atoms with Crippen molar-refractivity contribution in [1.29, 1.82) is 0 Å². The van der Waals surface area contributed by atoms with Gasteiger partial charge in [-0.1, -0.05) is 79.7 Å². The lowest BCUT2D eigenvalue weighted by molar-refractivity contribution is 0.0733. The molecule has 0 saturated heterocycles. The molecule has 0 radical (unpaired) electrons. The summed E-state index contributed by atoms with van der Waals surface area (Å²) in [5, 5.41) is 4.09. The van der Waals surface area contributed by atoms with E-state index in [0.717, 1.165) is 17.7 Å². The fourth-order valence-electron chi connectivity index (χ4n) is 4.29. The summed E-state index contributed by atoms with van der Waals surface area (Å²) in [4.78, 5) is 14.7. The number of aromatic nitrogens is 1. The number of hydrogen-bond acceptors (Lipinski definition) is 3. The first-order chi connectivity index (χ1) is 13.4. The minimum absolute atomic E-state index is 0.00837. The molecular formula is C24H26N2O2. The van der Waals surface area contributed by atoms with Gasteiger partial charge in [-0.3, -0.25) is 4.79 Å². The van der Waals surface area contributed by atoms with Crippen LogP contribution in [0.5, 0.6) is 0 Å². The van der Waals surface area contributed by atoms with Gasteiger partial charge in [-0.25, -0.2) is 0 Å². The molecule has 4 heteroatoms. The summed E-state index contributed by atoms with van der Waals surface area (Å²) < 4.78 is 5.37. The lowest BCUT2D eigenvalue weighted by Gasteiger charge is -2.27. The largest absolute Gasteiger partial charge is 0.351 e. The van der Waals surface area contributed by atoms with Gasteiger partial charge in [0.15, 0.2) is 0 Å². The van der Waals surface area contributed by atoms with Crippen molar-refractivity contribution in [3.8, 4) is 0 Å². The van der Waals surface area contributed by atoms with E-state index in [-0.39, 0.29) is 16.7 Å². The minimum atomic E-state index is -0.121. The fraction of sp³-hybridized carbons (Fsp3) is 0.333. The average molecular weight is 374 g/mol. The smallest absolute Gasteiger partial charge is 0.292 e. The highest BCUT2D eigenvalue weighted by Crippen LogP contribution is 2.64. The van der Waals surface area contributed by atoms with Gasteiger partial charge in [0, 0.05) is 31.5 Å². The van der Waals surface area contributed by atoms with Crippen molar-refractivity contribution in [3.63, 3.8) is 0 Å². The number of likely N-dealkylation sites (N-methyl/N-ethyl adjacent to an activating group) is 1. The predicted molar refractivity (Wildman–Crippen MR) is 109 cm³/mol. The van der Waals surface area contributed by atoms with Crippen LogP contribution in [0.15, 0.2) is 71.3 Å². The van der Waals surface area contributed by atoms with Gasteiger partial charge in [0.2, 0.25) is 5.76 Å². The molecule has 1 saturated carbocycles. The molecule has 2 aromatic carbocycles. The van der Waals surface area contributed by atoms with Crippen molar-refractivity contribution in [2.75, 3.05) is 13.6 Å². The molecule has 0 spiro atoms. The van der Waals surface area contributed by atoms with E-state index in [9.17, 15) is 4.79 Å². The SMILES string of the molecule is CN(CC1(c2ccccc2)CC1(C)C)C(=O)c1cc(Cc2ccccc2)no1. The Labute approximate surface area is 166 Å². The van der Waals surface area contributed by atoms with E-state index in [0.29, 0.717) is 18.7 Å². The zero-order chi connectivity index (χ0) is 19.8. The first-order valence-electron chi connectivity index (χ1n) is 9.72. The van der Waals surface area contributed by atoms with Crippen molar-refractivity contribution < 1.29 is 9.32 Å². The zero-order valence-electron chi connectivity index (χ0n) is 16.7. The molecule has 3 aromatic rings. The summed E-state index contributed by atoms with van der Waals surface area (Å²) in [5.41, 5.74) is 3.37. The molecule has 0 N–H and O–H groups in total. The number of amides is 1. The molecule has 1 aliphatic rings. The van der Waals surface area contributed by atoms with Gasteiger partial charge in [-0.15, -0.1) is 0 Å². The van der Waals surface area contributed by atoms with Gasteiger partial charge in [0.05, 0.1) is 5.69 Å². The van der Waals surface area contributed by atoms with Crippen LogP contribution in [-0.4, -0.2) is 29.6 Å². The molecule has 1 atom stereocenters. The summed E-state index contributed by atoms with van der Waals surface area (Å²) in [6.45, 7) is 5.20. The van der Waals surface area contributed by atoms with E-state index in [1.165, 1.54) is 5.56 Å². The van der Waals surface area contributed by atoms with Gasteiger partial charge in [-0.05, 0) is 23.0 Å². The standard InChI is InChI=1S/C24H26N2O2/c1-23(2)16-24(23,19-12-8-5-9-13-19)17-26(3)22(27)21-15-20(25-28-21)14-18-10-6-4-7-11-18/h4-13,15H,14,16-17H2,1-3H3. The van der Waals surface area contributed by atoms with E-state index >= 15 is 0 Å². The molecule has 4 rings (SSSR count).